The third-order valence-electron chi connectivity index (χ3n) is 4.25. The highest BCUT2D eigenvalue weighted by molar-refractivity contribution is 5.99. The predicted molar refractivity (Wildman–Crippen MR) is 83.0 cm³/mol. The number of benzene rings is 1. The second-order valence-corrected chi connectivity index (χ2v) is 5.89. The van der Waals surface area contributed by atoms with Gasteiger partial charge in [0.1, 0.15) is 0 Å². The zero-order chi connectivity index (χ0) is 17.5. The molecule has 0 saturated carbocycles. The molecule has 2 N–H and O–H groups in total. The Morgan fingerprint density at radius 2 is 2.08 bits per heavy atom. The summed E-state index contributed by atoms with van der Waals surface area (Å²) in [5.74, 6) is -2.37. The van der Waals surface area contributed by atoms with Crippen LogP contribution in [-0.2, 0) is 16.0 Å². The van der Waals surface area contributed by atoms with Crippen LogP contribution in [0.3, 0.4) is 0 Å². The van der Waals surface area contributed by atoms with Gasteiger partial charge in [0.05, 0.1) is 12.5 Å². The lowest BCUT2D eigenvalue weighted by atomic mass is 9.84. The largest absolute Gasteiger partial charge is 0.471 e. The number of amides is 2. The van der Waals surface area contributed by atoms with E-state index in [0.717, 1.165) is 22.4 Å². The Bertz CT molecular complexity index is 766. The first-order valence-corrected chi connectivity index (χ1v) is 7.45. The van der Waals surface area contributed by atoms with Crippen LogP contribution in [0, 0.1) is 5.92 Å². The number of halogens is 3. The molecule has 126 valence electrons. The zero-order valence-corrected chi connectivity index (χ0v) is 12.8. The number of hydrogen-bond donors (Lipinski definition) is 2. The summed E-state index contributed by atoms with van der Waals surface area (Å²) in [6.07, 6.45) is 0.385. The van der Waals surface area contributed by atoms with Crippen molar-refractivity contribution in [1.82, 2.24) is 5.32 Å². The first-order chi connectivity index (χ1) is 11.3. The van der Waals surface area contributed by atoms with Crippen molar-refractivity contribution in [2.45, 2.75) is 25.6 Å². The molecular weight excluding hydrogens is 321 g/mol. The van der Waals surface area contributed by atoms with E-state index >= 15 is 0 Å². The molecule has 2 aliphatic rings. The summed E-state index contributed by atoms with van der Waals surface area (Å²) in [5, 5.41) is 4.76. The van der Waals surface area contributed by atoms with Gasteiger partial charge in [-0.25, -0.2) is 0 Å². The van der Waals surface area contributed by atoms with E-state index in [1.807, 2.05) is 23.5 Å². The van der Waals surface area contributed by atoms with Crippen LogP contribution >= 0.6 is 0 Å². The number of rotatable bonds is 2. The molecule has 1 aromatic rings. The van der Waals surface area contributed by atoms with Gasteiger partial charge in [-0.15, -0.1) is 0 Å². The third kappa shape index (κ3) is 3.06. The van der Waals surface area contributed by atoms with E-state index in [1.54, 1.807) is 19.1 Å². The maximum atomic E-state index is 12.4. The average Bonchev–Trinajstić information content (AvgIpc) is 2.87. The standard InChI is InChI=1S/C17H15F3N2O2/c1-9-12(3-2-4-13(9)22-16(24)17(18,19)20)10-5-6-11-8-15(23)21-14(11)7-10/h2-7,9,13H,8H2,1H3,(H,21,23)(H,22,24). The van der Waals surface area contributed by atoms with Gasteiger partial charge in [0, 0.05) is 11.6 Å². The summed E-state index contributed by atoms with van der Waals surface area (Å²) in [6.45, 7) is 1.75. The highest BCUT2D eigenvalue weighted by atomic mass is 19.4. The van der Waals surface area contributed by atoms with E-state index in [0.29, 0.717) is 6.42 Å². The number of carbonyl (C=O) groups excluding carboxylic acids is 2. The summed E-state index contributed by atoms with van der Waals surface area (Å²) in [4.78, 5) is 22.6. The fourth-order valence-corrected chi connectivity index (χ4v) is 2.95. The van der Waals surface area contributed by atoms with Gasteiger partial charge in [0.2, 0.25) is 5.91 Å². The van der Waals surface area contributed by atoms with E-state index in [9.17, 15) is 22.8 Å². The molecule has 3 rings (SSSR count). The molecule has 24 heavy (non-hydrogen) atoms. The van der Waals surface area contributed by atoms with Gasteiger partial charge in [-0.2, -0.15) is 13.2 Å². The Balaban J connectivity index is 1.81. The number of nitrogens with one attached hydrogen (secondary N) is 2. The Kier molecular flexibility index (Phi) is 3.95. The van der Waals surface area contributed by atoms with E-state index < -0.39 is 18.1 Å². The van der Waals surface area contributed by atoms with Gasteiger partial charge in [-0.1, -0.05) is 37.3 Å². The Morgan fingerprint density at radius 3 is 2.79 bits per heavy atom. The highest BCUT2D eigenvalue weighted by Crippen LogP contribution is 2.34. The van der Waals surface area contributed by atoms with Crippen molar-refractivity contribution < 1.29 is 22.8 Å². The molecule has 2 unspecified atom stereocenters. The van der Waals surface area contributed by atoms with E-state index in [1.165, 1.54) is 6.08 Å². The predicted octanol–water partition coefficient (Wildman–Crippen LogP) is 2.82. The number of anilines is 1. The van der Waals surface area contributed by atoms with Gasteiger partial charge < -0.3 is 10.6 Å². The van der Waals surface area contributed by atoms with Crippen LogP contribution in [0.15, 0.2) is 36.4 Å². The lowest BCUT2D eigenvalue weighted by molar-refractivity contribution is -0.174. The molecule has 0 spiro atoms. The molecule has 1 aliphatic carbocycles. The van der Waals surface area contributed by atoms with Crippen LogP contribution in [0.4, 0.5) is 18.9 Å². The van der Waals surface area contributed by atoms with Crippen LogP contribution < -0.4 is 10.6 Å². The smallest absolute Gasteiger partial charge is 0.341 e. The molecule has 1 heterocycles. The molecule has 4 nitrogen and oxygen atoms in total. The maximum absolute atomic E-state index is 12.4. The molecule has 2 amide bonds. The third-order valence-corrected chi connectivity index (χ3v) is 4.25. The maximum Gasteiger partial charge on any atom is 0.471 e. The fraction of sp³-hybridized carbons (Fsp3) is 0.294. The second kappa shape index (κ2) is 5.81. The quantitative estimate of drug-likeness (QED) is 0.872. The van der Waals surface area contributed by atoms with Gasteiger partial charge >= 0.3 is 12.1 Å². The van der Waals surface area contributed by atoms with E-state index in [-0.39, 0.29) is 11.8 Å². The van der Waals surface area contributed by atoms with Crippen molar-refractivity contribution in [1.29, 1.82) is 0 Å². The van der Waals surface area contributed by atoms with Gasteiger partial charge in [-0.05, 0) is 22.8 Å². The summed E-state index contributed by atoms with van der Waals surface area (Å²) in [7, 11) is 0. The highest BCUT2D eigenvalue weighted by Gasteiger charge is 2.40. The van der Waals surface area contributed by atoms with Crippen molar-refractivity contribution in [2.24, 2.45) is 5.92 Å². The van der Waals surface area contributed by atoms with Gasteiger partial charge in [-0.3, -0.25) is 9.59 Å². The molecular formula is C17H15F3N2O2. The summed E-state index contributed by atoms with van der Waals surface area (Å²) in [5.41, 5.74) is 3.22. The molecule has 0 saturated heterocycles. The van der Waals surface area contributed by atoms with Gasteiger partial charge in [0.25, 0.3) is 0 Å². The van der Waals surface area contributed by atoms with Crippen molar-refractivity contribution in [2.75, 3.05) is 5.32 Å². The fourth-order valence-electron chi connectivity index (χ4n) is 2.95. The summed E-state index contributed by atoms with van der Waals surface area (Å²) < 4.78 is 37.3. The van der Waals surface area contributed by atoms with Crippen molar-refractivity contribution in [3.05, 3.63) is 47.6 Å². The van der Waals surface area contributed by atoms with Crippen LogP contribution in [-0.4, -0.2) is 24.0 Å². The average molecular weight is 336 g/mol. The Hall–Kier alpha value is -2.57. The lowest BCUT2D eigenvalue weighted by Gasteiger charge is -2.28. The molecule has 0 bridgehead atoms. The molecule has 7 heteroatoms. The second-order valence-electron chi connectivity index (χ2n) is 5.89. The van der Waals surface area contributed by atoms with Crippen LogP contribution in [0.5, 0.6) is 0 Å². The molecule has 0 radical (unpaired) electrons. The minimum atomic E-state index is -4.91. The van der Waals surface area contributed by atoms with Gasteiger partial charge in [0.15, 0.2) is 0 Å². The number of alkyl halides is 3. The number of fused-ring (bicyclic) bond motifs is 1. The summed E-state index contributed by atoms with van der Waals surface area (Å²) in [6, 6.07) is 4.73. The lowest BCUT2D eigenvalue weighted by Crippen LogP contribution is -2.45. The minimum absolute atomic E-state index is 0.0805. The van der Waals surface area contributed by atoms with Crippen LogP contribution in [0.25, 0.3) is 5.57 Å². The van der Waals surface area contributed by atoms with E-state index in [2.05, 4.69) is 5.32 Å². The summed E-state index contributed by atoms with van der Waals surface area (Å²) >= 11 is 0. The van der Waals surface area contributed by atoms with Crippen molar-refractivity contribution in [3.8, 4) is 0 Å². The SMILES string of the molecule is CC1C(c2ccc3c(c2)NC(=O)C3)=CC=CC1NC(=O)C(F)(F)F. The molecule has 0 aromatic heterocycles. The van der Waals surface area contributed by atoms with Crippen LogP contribution in [0.1, 0.15) is 18.1 Å². The van der Waals surface area contributed by atoms with Crippen molar-refractivity contribution >= 4 is 23.1 Å². The van der Waals surface area contributed by atoms with Crippen molar-refractivity contribution in [3.63, 3.8) is 0 Å². The monoisotopic (exact) mass is 336 g/mol. The molecule has 1 aliphatic heterocycles. The van der Waals surface area contributed by atoms with E-state index in [4.69, 9.17) is 0 Å². The Labute approximate surface area is 136 Å². The first kappa shape index (κ1) is 16.3. The topological polar surface area (TPSA) is 58.2 Å². The first-order valence-electron chi connectivity index (χ1n) is 7.45. The molecule has 0 fully saturated rings. The normalized spacial score (nSPS) is 22.7. The number of hydrogen-bond acceptors (Lipinski definition) is 2. The molecule has 1 aromatic carbocycles. The molecule has 2 atom stereocenters. The number of carbonyl (C=O) groups is 2. The van der Waals surface area contributed by atoms with Crippen LogP contribution in [0.2, 0.25) is 0 Å². The number of allylic oxidation sites excluding steroid dienone is 2. The zero-order valence-electron chi connectivity index (χ0n) is 12.8. The minimum Gasteiger partial charge on any atom is -0.341 e. The Morgan fingerprint density at radius 1 is 1.33 bits per heavy atom.